The number of esters is 1. The van der Waals surface area contributed by atoms with Crippen molar-refractivity contribution in [2.24, 2.45) is 0 Å². The maximum atomic E-state index is 12.4. The van der Waals surface area contributed by atoms with Crippen LogP contribution in [-0.2, 0) is 16.1 Å². The van der Waals surface area contributed by atoms with Crippen LogP contribution in [0.15, 0.2) is 48.5 Å². The van der Waals surface area contributed by atoms with E-state index in [1.807, 2.05) is 30.3 Å². The summed E-state index contributed by atoms with van der Waals surface area (Å²) in [5, 5.41) is 42.7. The minimum atomic E-state index is -1.45. The predicted octanol–water partition coefficient (Wildman–Crippen LogP) is 2.13. The highest BCUT2D eigenvalue weighted by molar-refractivity contribution is 5.91. The van der Waals surface area contributed by atoms with E-state index in [-0.39, 0.29) is 19.4 Å². The van der Waals surface area contributed by atoms with E-state index >= 15 is 0 Å². The quantitative estimate of drug-likeness (QED) is 0.379. The number of carbonyl (C=O) groups is 1. The largest absolute Gasteiger partial charge is 0.456 e. The zero-order valence-corrected chi connectivity index (χ0v) is 16.2. The van der Waals surface area contributed by atoms with Gasteiger partial charge in [0.2, 0.25) is 0 Å². The minimum Gasteiger partial charge on any atom is -0.456 e. The average Bonchev–Trinajstić information content (AvgIpc) is 2.76. The van der Waals surface area contributed by atoms with Gasteiger partial charge < -0.3 is 19.7 Å². The molecule has 0 saturated heterocycles. The van der Waals surface area contributed by atoms with Crippen LogP contribution in [-0.4, -0.2) is 50.4 Å². The summed E-state index contributed by atoms with van der Waals surface area (Å²) < 4.78 is 10.9. The van der Waals surface area contributed by atoms with Crippen molar-refractivity contribution < 1.29 is 34.3 Å². The molecule has 1 aliphatic rings. The molecule has 11 nitrogen and oxygen atoms in total. The third-order valence-electron chi connectivity index (χ3n) is 4.97. The molecule has 2 aromatic rings. The van der Waals surface area contributed by atoms with Crippen molar-refractivity contribution in [1.29, 1.82) is 0 Å². The van der Waals surface area contributed by atoms with Crippen molar-refractivity contribution in [2.75, 3.05) is 0 Å². The van der Waals surface area contributed by atoms with Gasteiger partial charge in [-0.25, -0.2) is 4.79 Å². The standard InChI is InChI=1S/C20H20N2O9/c23-18-16(30-11-12-4-2-1-3-5-12)6-7-17(19(18)24)31-20(25)13-8-14(21(26)27)10-15(9-13)22(28)29/h1-5,8-10,16-19,23-24H,6-7,11H2/t16-,17-,18+,19-/m1/s1. The Kier molecular flexibility index (Phi) is 6.90. The number of carbonyl (C=O) groups excluding carboxylic acids is 1. The molecule has 11 heteroatoms. The fourth-order valence-electron chi connectivity index (χ4n) is 3.33. The molecule has 0 amide bonds. The number of hydrogen-bond donors (Lipinski definition) is 2. The lowest BCUT2D eigenvalue weighted by Crippen LogP contribution is -2.51. The van der Waals surface area contributed by atoms with E-state index in [2.05, 4.69) is 0 Å². The van der Waals surface area contributed by atoms with Crippen molar-refractivity contribution >= 4 is 17.3 Å². The van der Waals surface area contributed by atoms with Crippen LogP contribution in [0.5, 0.6) is 0 Å². The van der Waals surface area contributed by atoms with E-state index in [1.54, 1.807) is 0 Å². The fraction of sp³-hybridized carbons (Fsp3) is 0.350. The molecule has 4 atom stereocenters. The Balaban J connectivity index is 1.65. The Bertz CT molecular complexity index is 934. The molecule has 31 heavy (non-hydrogen) atoms. The first-order valence-corrected chi connectivity index (χ1v) is 9.43. The summed E-state index contributed by atoms with van der Waals surface area (Å²) in [7, 11) is 0. The average molecular weight is 432 g/mol. The van der Waals surface area contributed by atoms with E-state index in [0.29, 0.717) is 0 Å². The summed E-state index contributed by atoms with van der Waals surface area (Å²) in [5.74, 6) is -1.08. The number of aliphatic hydroxyl groups is 2. The summed E-state index contributed by atoms with van der Waals surface area (Å²) >= 11 is 0. The molecule has 1 aliphatic carbocycles. The molecule has 0 heterocycles. The summed E-state index contributed by atoms with van der Waals surface area (Å²) in [4.78, 5) is 32.6. The summed E-state index contributed by atoms with van der Waals surface area (Å²) in [5.41, 5.74) is -0.783. The van der Waals surface area contributed by atoms with Crippen molar-refractivity contribution in [3.05, 3.63) is 79.9 Å². The Labute approximate surface area is 176 Å². The van der Waals surface area contributed by atoms with Crippen LogP contribution in [0.3, 0.4) is 0 Å². The van der Waals surface area contributed by atoms with Gasteiger partial charge >= 0.3 is 5.97 Å². The molecule has 164 valence electrons. The van der Waals surface area contributed by atoms with Gasteiger partial charge in [-0.3, -0.25) is 20.2 Å². The second-order valence-corrected chi connectivity index (χ2v) is 7.09. The molecule has 2 aromatic carbocycles. The van der Waals surface area contributed by atoms with Gasteiger partial charge in [-0.05, 0) is 18.4 Å². The molecule has 0 spiro atoms. The first-order valence-electron chi connectivity index (χ1n) is 9.43. The number of hydrogen-bond acceptors (Lipinski definition) is 9. The first-order chi connectivity index (χ1) is 14.8. The number of ether oxygens (including phenoxy) is 2. The van der Waals surface area contributed by atoms with Gasteiger partial charge in [-0.2, -0.15) is 0 Å². The summed E-state index contributed by atoms with van der Waals surface area (Å²) in [6.07, 6.45) is -4.10. The molecule has 0 bridgehead atoms. The Morgan fingerprint density at radius 2 is 1.48 bits per heavy atom. The molecular formula is C20H20N2O9. The second kappa shape index (κ2) is 9.60. The zero-order chi connectivity index (χ0) is 22.5. The number of benzene rings is 2. The second-order valence-electron chi connectivity index (χ2n) is 7.09. The number of nitro groups is 2. The van der Waals surface area contributed by atoms with Crippen LogP contribution < -0.4 is 0 Å². The van der Waals surface area contributed by atoms with Gasteiger partial charge in [0.1, 0.15) is 18.3 Å². The maximum Gasteiger partial charge on any atom is 0.339 e. The van der Waals surface area contributed by atoms with Gasteiger partial charge in [-0.1, -0.05) is 30.3 Å². The Morgan fingerprint density at radius 3 is 2.06 bits per heavy atom. The highest BCUT2D eigenvalue weighted by Crippen LogP contribution is 2.28. The normalized spacial score (nSPS) is 23.2. The third kappa shape index (κ3) is 5.40. The van der Waals surface area contributed by atoms with E-state index < -0.39 is 57.2 Å². The molecule has 0 radical (unpaired) electrons. The molecule has 1 fully saturated rings. The van der Waals surface area contributed by atoms with Crippen molar-refractivity contribution in [1.82, 2.24) is 0 Å². The monoisotopic (exact) mass is 432 g/mol. The summed E-state index contributed by atoms with van der Waals surface area (Å²) in [6, 6.07) is 11.7. The van der Waals surface area contributed by atoms with E-state index in [4.69, 9.17) is 9.47 Å². The van der Waals surface area contributed by atoms with Crippen molar-refractivity contribution in [3.8, 4) is 0 Å². The highest BCUT2D eigenvalue weighted by atomic mass is 16.6. The molecule has 0 aliphatic heterocycles. The molecular weight excluding hydrogens is 412 g/mol. The number of non-ortho nitro benzene ring substituents is 2. The van der Waals surface area contributed by atoms with Gasteiger partial charge in [0.15, 0.2) is 0 Å². The highest BCUT2D eigenvalue weighted by Gasteiger charge is 2.40. The maximum absolute atomic E-state index is 12.4. The van der Waals surface area contributed by atoms with Crippen LogP contribution >= 0.6 is 0 Å². The van der Waals surface area contributed by atoms with Gasteiger partial charge in [0.25, 0.3) is 11.4 Å². The SMILES string of the molecule is O=C(O[C@@H]1CC[C@@H](OCc2ccccc2)[C@H](O)[C@@H]1O)c1cc([N+](=O)[O-])cc([N+](=O)[O-])c1. The fourth-order valence-corrected chi connectivity index (χ4v) is 3.33. The van der Waals surface area contributed by atoms with Crippen molar-refractivity contribution in [2.45, 2.75) is 43.9 Å². The van der Waals surface area contributed by atoms with E-state index in [0.717, 1.165) is 23.8 Å². The lowest BCUT2D eigenvalue weighted by atomic mass is 9.89. The number of nitro benzene ring substituents is 2. The number of rotatable bonds is 7. The van der Waals surface area contributed by atoms with Crippen LogP contribution in [0.2, 0.25) is 0 Å². The third-order valence-corrected chi connectivity index (χ3v) is 4.97. The van der Waals surface area contributed by atoms with Crippen LogP contribution in [0.25, 0.3) is 0 Å². The Morgan fingerprint density at radius 1 is 0.935 bits per heavy atom. The van der Waals surface area contributed by atoms with Gasteiger partial charge in [-0.15, -0.1) is 0 Å². The van der Waals surface area contributed by atoms with Gasteiger partial charge in [0, 0.05) is 12.1 Å². The molecule has 2 N–H and O–H groups in total. The molecule has 1 saturated carbocycles. The molecule has 3 rings (SSSR count). The number of nitrogens with zero attached hydrogens (tertiary/aromatic N) is 2. The number of aliphatic hydroxyl groups excluding tert-OH is 2. The van der Waals surface area contributed by atoms with Crippen LogP contribution in [0.1, 0.15) is 28.8 Å². The van der Waals surface area contributed by atoms with Crippen LogP contribution in [0.4, 0.5) is 11.4 Å². The lowest BCUT2D eigenvalue weighted by Gasteiger charge is -2.36. The van der Waals surface area contributed by atoms with Gasteiger partial charge in [0.05, 0.1) is 34.2 Å². The van der Waals surface area contributed by atoms with Crippen LogP contribution in [0, 0.1) is 20.2 Å². The minimum absolute atomic E-state index is 0.167. The van der Waals surface area contributed by atoms with E-state index in [9.17, 15) is 35.2 Å². The topological polar surface area (TPSA) is 162 Å². The van der Waals surface area contributed by atoms with E-state index in [1.165, 1.54) is 0 Å². The molecule has 0 unspecified atom stereocenters. The van der Waals surface area contributed by atoms with Crippen molar-refractivity contribution in [3.63, 3.8) is 0 Å². The Hall–Kier alpha value is -3.41. The lowest BCUT2D eigenvalue weighted by molar-refractivity contribution is -0.394. The predicted molar refractivity (Wildman–Crippen MR) is 105 cm³/mol. The first kappa shape index (κ1) is 22.3. The zero-order valence-electron chi connectivity index (χ0n) is 16.2. The molecule has 0 aromatic heterocycles. The smallest absolute Gasteiger partial charge is 0.339 e. The summed E-state index contributed by atoms with van der Waals surface area (Å²) in [6.45, 7) is 0.233.